The van der Waals surface area contributed by atoms with Gasteiger partial charge in [0.25, 0.3) is 0 Å². The van der Waals surface area contributed by atoms with Gasteiger partial charge in [0.05, 0.1) is 11.1 Å². The molecule has 1 unspecified atom stereocenters. The van der Waals surface area contributed by atoms with Crippen LogP contribution in [0.15, 0.2) is 22.7 Å². The van der Waals surface area contributed by atoms with Gasteiger partial charge in [-0.1, -0.05) is 12.1 Å². The normalized spacial score (nSPS) is 12.8. The maximum atomic E-state index is 12.9. The lowest BCUT2D eigenvalue weighted by molar-refractivity contribution is 0.296. The second kappa shape index (κ2) is 4.80. The monoisotopic (exact) mass is 268 g/mol. The average Bonchev–Trinajstić information content (AvgIpc) is 2.07. The molecule has 0 saturated carbocycles. The molecule has 3 nitrogen and oxygen atoms in total. The molecular formula is C7H6BrFO3S. The van der Waals surface area contributed by atoms with E-state index in [0.29, 0.717) is 5.56 Å². The van der Waals surface area contributed by atoms with Crippen molar-refractivity contribution >= 4 is 27.3 Å². The molecule has 1 aromatic carbocycles. The standard InChI is InChI=1S/C7H6BrFO3S/c8-7-5(4-12-13(10)11)2-1-3-6(7)9/h1-3H,4H2,(H,10,11). The lowest BCUT2D eigenvalue weighted by atomic mass is 10.2. The van der Waals surface area contributed by atoms with E-state index in [-0.39, 0.29) is 11.1 Å². The van der Waals surface area contributed by atoms with Crippen LogP contribution in [0.5, 0.6) is 0 Å². The summed E-state index contributed by atoms with van der Waals surface area (Å²) in [6.45, 7) is -0.110. The Morgan fingerprint density at radius 3 is 2.92 bits per heavy atom. The third-order valence-corrected chi connectivity index (χ3v) is 2.55. The van der Waals surface area contributed by atoms with Crippen molar-refractivity contribution in [3.05, 3.63) is 34.1 Å². The van der Waals surface area contributed by atoms with Gasteiger partial charge in [-0.25, -0.2) is 4.39 Å². The number of rotatable bonds is 3. The van der Waals surface area contributed by atoms with Crippen LogP contribution in [0.2, 0.25) is 0 Å². The highest BCUT2D eigenvalue weighted by Crippen LogP contribution is 2.20. The highest BCUT2D eigenvalue weighted by atomic mass is 79.9. The largest absolute Gasteiger partial charge is 0.302 e. The van der Waals surface area contributed by atoms with Gasteiger partial charge >= 0.3 is 11.4 Å². The average molecular weight is 269 g/mol. The van der Waals surface area contributed by atoms with Gasteiger partial charge in [-0.2, -0.15) is 4.21 Å². The lowest BCUT2D eigenvalue weighted by Gasteiger charge is -2.02. The zero-order valence-corrected chi connectivity index (χ0v) is 8.77. The highest BCUT2D eigenvalue weighted by Gasteiger charge is 2.05. The molecule has 0 saturated heterocycles. The third kappa shape index (κ3) is 3.15. The van der Waals surface area contributed by atoms with Crippen molar-refractivity contribution in [3.63, 3.8) is 0 Å². The quantitative estimate of drug-likeness (QED) is 0.856. The maximum Gasteiger partial charge on any atom is 0.302 e. The van der Waals surface area contributed by atoms with Gasteiger partial charge in [0, 0.05) is 0 Å². The molecule has 6 heteroatoms. The fourth-order valence-electron chi connectivity index (χ4n) is 0.774. The van der Waals surface area contributed by atoms with Crippen molar-refractivity contribution in [2.75, 3.05) is 0 Å². The predicted octanol–water partition coefficient (Wildman–Crippen LogP) is 2.24. The molecule has 0 fully saturated rings. The molecule has 0 heterocycles. The summed E-state index contributed by atoms with van der Waals surface area (Å²) in [5.74, 6) is -0.426. The molecule has 0 radical (unpaired) electrons. The fraction of sp³-hybridized carbons (Fsp3) is 0.143. The smallest absolute Gasteiger partial charge is 0.284 e. The van der Waals surface area contributed by atoms with E-state index >= 15 is 0 Å². The Morgan fingerprint density at radius 2 is 2.31 bits per heavy atom. The molecule has 13 heavy (non-hydrogen) atoms. The molecule has 0 aromatic heterocycles. The number of hydrogen-bond donors (Lipinski definition) is 1. The first kappa shape index (κ1) is 10.8. The van der Waals surface area contributed by atoms with E-state index in [2.05, 4.69) is 20.1 Å². The van der Waals surface area contributed by atoms with Crippen molar-refractivity contribution < 1.29 is 17.3 Å². The van der Waals surface area contributed by atoms with E-state index in [1.54, 1.807) is 6.07 Å². The second-order valence-electron chi connectivity index (χ2n) is 2.19. The summed E-state index contributed by atoms with van der Waals surface area (Å²) < 4.78 is 36.0. The number of hydrogen-bond acceptors (Lipinski definition) is 2. The Bertz CT molecular complexity index is 332. The van der Waals surface area contributed by atoms with Gasteiger partial charge in [0.2, 0.25) is 0 Å². The van der Waals surface area contributed by atoms with Gasteiger partial charge in [-0.05, 0) is 27.6 Å². The lowest BCUT2D eigenvalue weighted by Crippen LogP contribution is -1.97. The summed E-state index contributed by atoms with van der Waals surface area (Å²) in [5.41, 5.74) is 0.488. The van der Waals surface area contributed by atoms with Crippen LogP contribution in [0.3, 0.4) is 0 Å². The molecule has 0 aliphatic rings. The van der Waals surface area contributed by atoms with Crippen molar-refractivity contribution in [1.29, 1.82) is 0 Å². The summed E-state index contributed by atoms with van der Waals surface area (Å²) in [6.07, 6.45) is 0. The zero-order chi connectivity index (χ0) is 9.84. The molecule has 0 aliphatic carbocycles. The predicted molar refractivity (Wildman–Crippen MR) is 49.7 cm³/mol. The maximum absolute atomic E-state index is 12.9. The Morgan fingerprint density at radius 1 is 1.62 bits per heavy atom. The van der Waals surface area contributed by atoms with Gasteiger partial charge < -0.3 is 0 Å². The molecular weight excluding hydrogens is 263 g/mol. The van der Waals surface area contributed by atoms with Gasteiger partial charge in [0.1, 0.15) is 5.82 Å². The van der Waals surface area contributed by atoms with E-state index in [0.717, 1.165) is 0 Å². The minimum atomic E-state index is -2.32. The van der Waals surface area contributed by atoms with Gasteiger partial charge in [-0.15, -0.1) is 0 Å². The van der Waals surface area contributed by atoms with Crippen molar-refractivity contribution in [3.8, 4) is 0 Å². The third-order valence-electron chi connectivity index (χ3n) is 1.35. The van der Waals surface area contributed by atoms with Crippen LogP contribution in [0.4, 0.5) is 4.39 Å². The first-order valence-electron chi connectivity index (χ1n) is 3.28. The Labute approximate surface area is 85.5 Å². The second-order valence-corrected chi connectivity index (χ2v) is 3.66. The Kier molecular flexibility index (Phi) is 3.98. The molecule has 0 aliphatic heterocycles. The summed E-state index contributed by atoms with van der Waals surface area (Å²) in [5, 5.41) is 0. The Hall–Kier alpha value is -0.300. The van der Waals surface area contributed by atoms with Crippen molar-refractivity contribution in [2.45, 2.75) is 6.61 Å². The SMILES string of the molecule is O=S(O)OCc1cccc(F)c1Br. The molecule has 1 atom stereocenters. The van der Waals surface area contributed by atoms with Crippen LogP contribution in [0, 0.1) is 5.82 Å². The first-order chi connectivity index (χ1) is 6.11. The van der Waals surface area contributed by atoms with E-state index in [1.165, 1.54) is 12.1 Å². The topological polar surface area (TPSA) is 46.5 Å². The van der Waals surface area contributed by atoms with Crippen LogP contribution < -0.4 is 0 Å². The molecule has 0 bridgehead atoms. The molecule has 0 amide bonds. The summed E-state index contributed by atoms with van der Waals surface area (Å²) in [6, 6.07) is 4.38. The van der Waals surface area contributed by atoms with Crippen LogP contribution >= 0.6 is 15.9 Å². The van der Waals surface area contributed by atoms with Crippen LogP contribution in [0.25, 0.3) is 0 Å². The molecule has 1 N–H and O–H groups in total. The van der Waals surface area contributed by atoms with Crippen molar-refractivity contribution in [2.24, 2.45) is 0 Å². The van der Waals surface area contributed by atoms with E-state index in [4.69, 9.17) is 4.55 Å². The van der Waals surface area contributed by atoms with Crippen LogP contribution in [-0.4, -0.2) is 8.76 Å². The van der Waals surface area contributed by atoms with Crippen LogP contribution in [0.1, 0.15) is 5.56 Å². The first-order valence-corrected chi connectivity index (χ1v) is 5.10. The van der Waals surface area contributed by atoms with Crippen molar-refractivity contribution in [1.82, 2.24) is 0 Å². The van der Waals surface area contributed by atoms with Gasteiger partial charge in [0.15, 0.2) is 0 Å². The number of halogens is 2. The summed E-state index contributed by atoms with van der Waals surface area (Å²) in [7, 11) is 0. The number of benzene rings is 1. The molecule has 0 spiro atoms. The molecule has 1 aromatic rings. The van der Waals surface area contributed by atoms with E-state index in [9.17, 15) is 8.60 Å². The van der Waals surface area contributed by atoms with Crippen LogP contribution in [-0.2, 0) is 22.2 Å². The summed E-state index contributed by atoms with van der Waals surface area (Å²) in [4.78, 5) is 0. The fourth-order valence-corrected chi connectivity index (χ4v) is 1.38. The zero-order valence-electron chi connectivity index (χ0n) is 6.37. The summed E-state index contributed by atoms with van der Waals surface area (Å²) >= 11 is 0.670. The minimum Gasteiger partial charge on any atom is -0.284 e. The Balaban J connectivity index is 2.77. The van der Waals surface area contributed by atoms with E-state index < -0.39 is 17.2 Å². The minimum absolute atomic E-state index is 0.110. The molecule has 1 rings (SSSR count). The highest BCUT2D eigenvalue weighted by molar-refractivity contribution is 9.10. The van der Waals surface area contributed by atoms with Gasteiger partial charge in [-0.3, -0.25) is 8.74 Å². The molecule has 72 valence electrons. The van der Waals surface area contributed by atoms with E-state index in [1.807, 2.05) is 0 Å².